The van der Waals surface area contributed by atoms with Gasteiger partial charge in [-0.1, -0.05) is 0 Å². The molecule has 0 radical (unpaired) electrons. The fourth-order valence-electron chi connectivity index (χ4n) is 1.52. The van der Waals surface area contributed by atoms with Crippen molar-refractivity contribution < 1.29 is 9.85 Å². The molecule has 18 heavy (non-hydrogen) atoms. The zero-order valence-corrected chi connectivity index (χ0v) is 8.89. The highest BCUT2D eigenvalue weighted by atomic mass is 16.6. The zero-order chi connectivity index (χ0) is 13.1. The Labute approximate surface area is 100 Å². The van der Waals surface area contributed by atoms with Gasteiger partial charge in [-0.3, -0.25) is 30.2 Å². The Hall–Kier alpha value is -2.90. The first-order valence-electron chi connectivity index (χ1n) is 4.79. The molecule has 1 heterocycles. The standard InChI is InChI=1S/C10H6N4O4/c15-13(16)8-2-1-3-9(14(17)18)10(8)7-6-11-4-5-12-7/h1-6H. The molecule has 2 aromatic rings. The van der Waals surface area contributed by atoms with Gasteiger partial charge in [0.1, 0.15) is 5.69 Å². The van der Waals surface area contributed by atoms with Gasteiger partial charge >= 0.3 is 0 Å². The molecule has 0 N–H and O–H groups in total. The topological polar surface area (TPSA) is 112 Å². The van der Waals surface area contributed by atoms with E-state index in [9.17, 15) is 20.2 Å². The molecule has 0 aliphatic rings. The van der Waals surface area contributed by atoms with E-state index in [1.54, 1.807) is 0 Å². The van der Waals surface area contributed by atoms with E-state index in [1.165, 1.54) is 36.8 Å². The molecule has 0 saturated carbocycles. The second-order valence-corrected chi connectivity index (χ2v) is 3.28. The van der Waals surface area contributed by atoms with Crippen LogP contribution in [-0.2, 0) is 0 Å². The first kappa shape index (κ1) is 11.6. The zero-order valence-electron chi connectivity index (χ0n) is 8.89. The molecule has 1 aromatic heterocycles. The lowest BCUT2D eigenvalue weighted by molar-refractivity contribution is -0.392. The van der Waals surface area contributed by atoms with Gasteiger partial charge in [0.2, 0.25) is 0 Å². The summed E-state index contributed by atoms with van der Waals surface area (Å²) in [4.78, 5) is 28.1. The summed E-state index contributed by atoms with van der Waals surface area (Å²) in [7, 11) is 0. The third-order valence-corrected chi connectivity index (χ3v) is 2.23. The number of benzene rings is 1. The number of nitro benzene ring substituents is 2. The summed E-state index contributed by atoms with van der Waals surface area (Å²) in [6, 6.07) is 3.64. The summed E-state index contributed by atoms with van der Waals surface area (Å²) >= 11 is 0. The number of aromatic nitrogens is 2. The highest BCUT2D eigenvalue weighted by molar-refractivity contribution is 5.79. The molecule has 90 valence electrons. The summed E-state index contributed by atoms with van der Waals surface area (Å²) < 4.78 is 0. The monoisotopic (exact) mass is 246 g/mol. The van der Waals surface area contributed by atoms with E-state index in [-0.39, 0.29) is 22.6 Å². The van der Waals surface area contributed by atoms with E-state index in [4.69, 9.17) is 0 Å². The smallest absolute Gasteiger partial charge is 0.261 e. The molecule has 0 bridgehead atoms. The van der Waals surface area contributed by atoms with E-state index >= 15 is 0 Å². The number of nitro groups is 2. The second-order valence-electron chi connectivity index (χ2n) is 3.28. The molecular weight excluding hydrogens is 240 g/mol. The first-order chi connectivity index (χ1) is 8.61. The lowest BCUT2D eigenvalue weighted by Crippen LogP contribution is -1.99. The molecular formula is C10H6N4O4. The highest BCUT2D eigenvalue weighted by Crippen LogP contribution is 2.36. The van der Waals surface area contributed by atoms with Crippen molar-refractivity contribution in [1.29, 1.82) is 0 Å². The number of hydrogen-bond acceptors (Lipinski definition) is 6. The Morgan fingerprint density at radius 2 is 1.61 bits per heavy atom. The molecule has 8 nitrogen and oxygen atoms in total. The lowest BCUT2D eigenvalue weighted by atomic mass is 10.1. The Morgan fingerprint density at radius 3 is 2.06 bits per heavy atom. The van der Waals surface area contributed by atoms with Crippen molar-refractivity contribution in [1.82, 2.24) is 9.97 Å². The number of hydrogen-bond donors (Lipinski definition) is 0. The van der Waals surface area contributed by atoms with Crippen LogP contribution in [0, 0.1) is 20.2 Å². The van der Waals surface area contributed by atoms with Crippen molar-refractivity contribution >= 4 is 11.4 Å². The normalized spacial score (nSPS) is 10.0. The number of nitrogens with zero attached hydrogens (tertiary/aromatic N) is 4. The van der Waals surface area contributed by atoms with E-state index in [0.717, 1.165) is 0 Å². The molecule has 0 aliphatic heterocycles. The Morgan fingerprint density at radius 1 is 1.00 bits per heavy atom. The summed E-state index contributed by atoms with van der Waals surface area (Å²) in [6.07, 6.45) is 3.94. The molecule has 0 atom stereocenters. The summed E-state index contributed by atoms with van der Waals surface area (Å²) in [5, 5.41) is 21.8. The van der Waals surface area contributed by atoms with Crippen molar-refractivity contribution in [2.45, 2.75) is 0 Å². The van der Waals surface area contributed by atoms with Crippen LogP contribution in [0.1, 0.15) is 0 Å². The van der Waals surface area contributed by atoms with Crippen molar-refractivity contribution in [3.05, 3.63) is 57.0 Å². The quantitative estimate of drug-likeness (QED) is 0.604. The summed E-state index contributed by atoms with van der Waals surface area (Å²) in [6.45, 7) is 0. The fraction of sp³-hybridized carbons (Fsp3) is 0. The van der Waals surface area contributed by atoms with E-state index < -0.39 is 9.85 Å². The average Bonchev–Trinajstić information content (AvgIpc) is 2.38. The predicted molar refractivity (Wildman–Crippen MR) is 60.8 cm³/mol. The van der Waals surface area contributed by atoms with Crippen LogP contribution in [0.25, 0.3) is 11.3 Å². The fourth-order valence-corrected chi connectivity index (χ4v) is 1.52. The van der Waals surface area contributed by atoms with E-state index in [0.29, 0.717) is 0 Å². The molecule has 2 rings (SSSR count). The van der Waals surface area contributed by atoms with Gasteiger partial charge in [-0.2, -0.15) is 0 Å². The van der Waals surface area contributed by atoms with Gasteiger partial charge in [0.05, 0.1) is 16.0 Å². The van der Waals surface area contributed by atoms with Gasteiger partial charge in [-0.05, 0) is 6.07 Å². The van der Waals surface area contributed by atoms with Crippen LogP contribution >= 0.6 is 0 Å². The Balaban J connectivity index is 2.77. The van der Waals surface area contributed by atoms with Gasteiger partial charge in [-0.25, -0.2) is 0 Å². The minimum absolute atomic E-state index is 0.0940. The number of rotatable bonds is 3. The Bertz CT molecular complexity index is 582. The van der Waals surface area contributed by atoms with Crippen molar-refractivity contribution in [2.75, 3.05) is 0 Å². The maximum atomic E-state index is 10.9. The van der Waals surface area contributed by atoms with Gasteiger partial charge in [-0.15, -0.1) is 0 Å². The van der Waals surface area contributed by atoms with Crippen LogP contribution in [0.4, 0.5) is 11.4 Å². The molecule has 0 amide bonds. The van der Waals surface area contributed by atoms with Crippen LogP contribution in [0.3, 0.4) is 0 Å². The van der Waals surface area contributed by atoms with Crippen LogP contribution in [-0.4, -0.2) is 19.8 Å². The van der Waals surface area contributed by atoms with Crippen LogP contribution < -0.4 is 0 Å². The molecule has 8 heteroatoms. The molecule has 0 spiro atoms. The van der Waals surface area contributed by atoms with E-state index in [2.05, 4.69) is 9.97 Å². The maximum Gasteiger partial charge on any atom is 0.285 e. The summed E-state index contributed by atoms with van der Waals surface area (Å²) in [5.41, 5.74) is -0.786. The van der Waals surface area contributed by atoms with Gasteiger partial charge in [0, 0.05) is 24.5 Å². The van der Waals surface area contributed by atoms with Crippen LogP contribution in [0.15, 0.2) is 36.8 Å². The molecule has 0 aliphatic carbocycles. The molecule has 0 fully saturated rings. The highest BCUT2D eigenvalue weighted by Gasteiger charge is 2.26. The minimum atomic E-state index is -0.684. The lowest BCUT2D eigenvalue weighted by Gasteiger charge is -2.02. The van der Waals surface area contributed by atoms with Crippen molar-refractivity contribution in [2.24, 2.45) is 0 Å². The Kier molecular flexibility index (Phi) is 2.92. The second kappa shape index (κ2) is 4.53. The minimum Gasteiger partial charge on any atom is -0.261 e. The van der Waals surface area contributed by atoms with Gasteiger partial charge in [0.25, 0.3) is 11.4 Å². The SMILES string of the molecule is O=[N+]([O-])c1cccc([N+](=O)[O-])c1-c1cnccn1. The first-order valence-corrected chi connectivity index (χ1v) is 4.79. The molecule has 1 aromatic carbocycles. The van der Waals surface area contributed by atoms with Crippen LogP contribution in [0.2, 0.25) is 0 Å². The van der Waals surface area contributed by atoms with Gasteiger partial charge < -0.3 is 0 Å². The van der Waals surface area contributed by atoms with Crippen molar-refractivity contribution in [3.63, 3.8) is 0 Å². The third-order valence-electron chi connectivity index (χ3n) is 2.23. The van der Waals surface area contributed by atoms with Gasteiger partial charge in [0.15, 0.2) is 5.56 Å². The van der Waals surface area contributed by atoms with Crippen LogP contribution in [0.5, 0.6) is 0 Å². The third kappa shape index (κ3) is 1.98. The average molecular weight is 246 g/mol. The largest absolute Gasteiger partial charge is 0.285 e. The molecule has 0 saturated heterocycles. The van der Waals surface area contributed by atoms with Crippen molar-refractivity contribution in [3.8, 4) is 11.3 Å². The predicted octanol–water partition coefficient (Wildman–Crippen LogP) is 1.96. The maximum absolute atomic E-state index is 10.9. The molecule has 0 unspecified atom stereocenters. The summed E-state index contributed by atoms with van der Waals surface area (Å²) in [5.74, 6) is 0. The van der Waals surface area contributed by atoms with E-state index in [1.807, 2.05) is 0 Å².